The van der Waals surface area contributed by atoms with Crippen LogP contribution in [-0.2, 0) is 22.8 Å². The number of carboxylic acids is 1. The summed E-state index contributed by atoms with van der Waals surface area (Å²) in [6.07, 6.45) is -3.83. The van der Waals surface area contributed by atoms with Crippen LogP contribution in [0.3, 0.4) is 0 Å². The fourth-order valence-electron chi connectivity index (χ4n) is 5.65. The van der Waals surface area contributed by atoms with E-state index in [4.69, 9.17) is 23.5 Å². The topological polar surface area (TPSA) is 123 Å². The van der Waals surface area contributed by atoms with Crippen LogP contribution in [0.15, 0.2) is 5.11 Å². The number of carboxylic acid groups (broad SMARTS) is 1. The number of carbonyl (C=O) groups is 1. The van der Waals surface area contributed by atoms with E-state index in [1.54, 1.807) is 0 Å². The van der Waals surface area contributed by atoms with Crippen molar-refractivity contribution in [3.63, 3.8) is 0 Å². The lowest BCUT2D eigenvalue weighted by Gasteiger charge is -2.52. The van der Waals surface area contributed by atoms with Crippen LogP contribution < -0.4 is 0 Å². The van der Waals surface area contributed by atoms with Crippen molar-refractivity contribution < 1.29 is 27.9 Å². The maximum Gasteiger partial charge on any atom is 0.335 e. The van der Waals surface area contributed by atoms with E-state index in [2.05, 4.69) is 72.3 Å². The summed E-state index contributed by atoms with van der Waals surface area (Å²) in [4.78, 5) is 15.6. The van der Waals surface area contributed by atoms with Gasteiger partial charge < -0.3 is 23.1 Å². The van der Waals surface area contributed by atoms with E-state index in [9.17, 15) is 9.90 Å². The third-order valence-electron chi connectivity index (χ3n) is 9.16. The monoisotopic (exact) mass is 575 g/mol. The second-order valence-electron chi connectivity index (χ2n) is 10.3. The summed E-state index contributed by atoms with van der Waals surface area (Å²) in [5, 5.41) is 14.2. The van der Waals surface area contributed by atoms with E-state index < -0.39 is 61.4 Å². The summed E-state index contributed by atoms with van der Waals surface area (Å²) in [6.45, 7) is 19.4. The number of hydrogen-bond acceptors (Lipinski definition) is 6. The van der Waals surface area contributed by atoms with Crippen LogP contribution in [0.1, 0.15) is 62.3 Å². The Bertz CT molecular complexity index is 718. The molecule has 0 aromatic heterocycles. The minimum Gasteiger partial charge on any atom is -0.479 e. The largest absolute Gasteiger partial charge is 0.479 e. The Kier molecular flexibility index (Phi) is 14.6. The van der Waals surface area contributed by atoms with Crippen molar-refractivity contribution in [1.29, 1.82) is 0 Å². The molecule has 1 aliphatic rings. The standard InChI is InChI=1S/C25H53N3O6Si3/c1-10-35(11-2,12-3)32-21-20(19-27-28-26)31-24(25(29)30)23(34-37(16-7,17-8)18-9)22(21)33-36(13-4,14-5)15-6/h20-24H,10-19H2,1-9H3,(H,29,30)/t20-,21-,22+,23-,24?/m1/s1. The van der Waals surface area contributed by atoms with E-state index in [0.29, 0.717) is 0 Å². The van der Waals surface area contributed by atoms with Gasteiger partial charge in [-0.15, -0.1) is 0 Å². The van der Waals surface area contributed by atoms with E-state index >= 15 is 0 Å². The second kappa shape index (κ2) is 15.8. The molecule has 0 bridgehead atoms. The molecule has 1 saturated heterocycles. The lowest BCUT2D eigenvalue weighted by Crippen LogP contribution is -2.68. The molecule has 12 heteroatoms. The Morgan fingerprint density at radius 3 is 1.41 bits per heavy atom. The van der Waals surface area contributed by atoms with Gasteiger partial charge in [-0.1, -0.05) is 67.4 Å². The second-order valence-corrected chi connectivity index (χ2v) is 24.5. The number of hydrogen-bond donors (Lipinski definition) is 1. The molecule has 1 fully saturated rings. The molecule has 37 heavy (non-hydrogen) atoms. The van der Waals surface area contributed by atoms with Crippen molar-refractivity contribution in [3.05, 3.63) is 10.4 Å². The van der Waals surface area contributed by atoms with E-state index in [1.807, 2.05) is 0 Å². The predicted molar refractivity (Wildman–Crippen MR) is 157 cm³/mol. The van der Waals surface area contributed by atoms with Crippen molar-refractivity contribution in [2.45, 2.75) is 147 Å². The zero-order valence-corrected chi connectivity index (χ0v) is 27.8. The maximum absolute atomic E-state index is 12.6. The van der Waals surface area contributed by atoms with E-state index in [-0.39, 0.29) is 6.54 Å². The lowest BCUT2D eigenvalue weighted by molar-refractivity contribution is -0.215. The van der Waals surface area contributed by atoms with Crippen LogP contribution in [0.25, 0.3) is 10.4 Å². The van der Waals surface area contributed by atoms with Gasteiger partial charge in [-0.2, -0.15) is 0 Å². The number of aliphatic carboxylic acids is 1. The van der Waals surface area contributed by atoms with E-state index in [0.717, 1.165) is 54.4 Å². The highest BCUT2D eigenvalue weighted by Crippen LogP contribution is 2.39. The first-order valence-corrected chi connectivity index (χ1v) is 22.1. The minimum absolute atomic E-state index is 0.00398. The molecule has 9 nitrogen and oxygen atoms in total. The van der Waals surface area contributed by atoms with Crippen molar-refractivity contribution in [2.24, 2.45) is 5.11 Å². The number of ether oxygens (including phenoxy) is 1. The maximum atomic E-state index is 12.6. The first-order chi connectivity index (χ1) is 17.6. The highest BCUT2D eigenvalue weighted by molar-refractivity contribution is 6.74. The van der Waals surface area contributed by atoms with Crippen molar-refractivity contribution >= 4 is 30.9 Å². The van der Waals surface area contributed by atoms with Gasteiger partial charge in [0, 0.05) is 4.91 Å². The number of azide groups is 1. The summed E-state index contributed by atoms with van der Waals surface area (Å²) >= 11 is 0. The Hall–Kier alpha value is -0.729. The van der Waals surface area contributed by atoms with Crippen LogP contribution in [0.4, 0.5) is 0 Å². The average Bonchev–Trinajstić information content (AvgIpc) is 2.93. The molecule has 1 N–H and O–H groups in total. The number of rotatable bonds is 18. The van der Waals surface area contributed by atoms with Gasteiger partial charge in [-0.25, -0.2) is 4.79 Å². The summed E-state index contributed by atoms with van der Waals surface area (Å²) in [5.41, 5.74) is 9.11. The summed E-state index contributed by atoms with van der Waals surface area (Å²) in [6, 6.07) is 8.22. The Balaban J connectivity index is 3.84. The molecule has 216 valence electrons. The van der Waals surface area contributed by atoms with Crippen molar-refractivity contribution in [2.75, 3.05) is 6.54 Å². The zero-order valence-electron chi connectivity index (χ0n) is 24.8. The molecule has 0 radical (unpaired) electrons. The van der Waals surface area contributed by atoms with Crippen molar-refractivity contribution in [1.82, 2.24) is 0 Å². The van der Waals surface area contributed by atoms with Gasteiger partial charge in [0.1, 0.15) is 12.2 Å². The van der Waals surface area contributed by atoms with Gasteiger partial charge in [0.05, 0.1) is 18.8 Å². The molecule has 0 aromatic rings. The molecule has 0 spiro atoms. The Labute approximate surface area is 228 Å². The summed E-state index contributed by atoms with van der Waals surface area (Å²) in [7, 11) is -6.61. The molecular formula is C25H53N3O6Si3. The molecule has 5 atom stereocenters. The van der Waals surface area contributed by atoms with Gasteiger partial charge in [0.2, 0.25) is 0 Å². The smallest absolute Gasteiger partial charge is 0.335 e. The van der Waals surface area contributed by atoms with Gasteiger partial charge in [-0.05, 0) is 59.9 Å². The number of nitrogens with zero attached hydrogens (tertiary/aromatic N) is 3. The summed E-state index contributed by atoms with van der Waals surface area (Å²) < 4.78 is 27.4. The van der Waals surface area contributed by atoms with Crippen LogP contribution >= 0.6 is 0 Å². The first kappa shape index (κ1) is 34.3. The first-order valence-electron chi connectivity index (χ1n) is 14.5. The molecule has 1 aliphatic heterocycles. The summed E-state index contributed by atoms with van der Waals surface area (Å²) in [5.74, 6) is -1.07. The van der Waals surface area contributed by atoms with Crippen LogP contribution in [0.5, 0.6) is 0 Å². The third-order valence-corrected chi connectivity index (χ3v) is 23.1. The fourth-order valence-corrected chi connectivity index (χ4v) is 14.2. The molecule has 1 unspecified atom stereocenters. The average molecular weight is 576 g/mol. The molecule has 0 aromatic carbocycles. The quantitative estimate of drug-likeness (QED) is 0.0790. The van der Waals surface area contributed by atoms with Crippen LogP contribution in [0.2, 0.25) is 54.4 Å². The highest BCUT2D eigenvalue weighted by atomic mass is 28.4. The van der Waals surface area contributed by atoms with Crippen molar-refractivity contribution in [3.8, 4) is 0 Å². The van der Waals surface area contributed by atoms with Crippen LogP contribution in [-0.4, -0.2) is 73.1 Å². The molecule has 0 aliphatic carbocycles. The van der Waals surface area contributed by atoms with E-state index in [1.165, 1.54) is 0 Å². The Morgan fingerprint density at radius 2 is 1.08 bits per heavy atom. The molecule has 1 rings (SSSR count). The molecule has 0 saturated carbocycles. The SMILES string of the molecule is CC[Si](CC)(CC)O[C@H]1[C@H](O[Si](CC)(CC)CC)[C@@H](O[Si](CC)(CC)CC)C(C(=O)O)O[C@@H]1CN=[N+]=[N-]. The van der Waals surface area contributed by atoms with Gasteiger partial charge in [0.25, 0.3) is 0 Å². The molecule has 0 amide bonds. The molecular weight excluding hydrogens is 523 g/mol. The highest BCUT2D eigenvalue weighted by Gasteiger charge is 2.55. The van der Waals surface area contributed by atoms with Gasteiger partial charge in [0.15, 0.2) is 31.1 Å². The minimum atomic E-state index is -2.23. The lowest BCUT2D eigenvalue weighted by atomic mass is 9.95. The van der Waals surface area contributed by atoms with Gasteiger partial charge >= 0.3 is 5.97 Å². The normalized spacial score (nSPS) is 25.1. The molecule has 1 heterocycles. The van der Waals surface area contributed by atoms with Gasteiger partial charge in [-0.3, -0.25) is 0 Å². The zero-order chi connectivity index (χ0) is 28.3. The third kappa shape index (κ3) is 8.14. The Morgan fingerprint density at radius 1 is 0.730 bits per heavy atom. The van der Waals surface area contributed by atoms with Crippen LogP contribution in [0, 0.1) is 0 Å². The fraction of sp³-hybridized carbons (Fsp3) is 0.960. The predicted octanol–water partition coefficient (Wildman–Crippen LogP) is 7.32.